The number of hydrogen-bond acceptors (Lipinski definition) is 3. The van der Waals surface area contributed by atoms with E-state index in [0.717, 1.165) is 26.4 Å². The second-order valence-corrected chi connectivity index (χ2v) is 8.87. The van der Waals surface area contributed by atoms with Gasteiger partial charge in [0.15, 0.2) is 6.61 Å². The number of benzene rings is 2. The number of amides is 2. The van der Waals surface area contributed by atoms with Crippen molar-refractivity contribution in [3.8, 4) is 5.75 Å². The zero-order valence-electron chi connectivity index (χ0n) is 16.7. The fourth-order valence-electron chi connectivity index (χ4n) is 2.66. The molecule has 156 valence electrons. The van der Waals surface area contributed by atoms with Crippen molar-refractivity contribution in [3.63, 3.8) is 0 Å². The summed E-state index contributed by atoms with van der Waals surface area (Å²) < 4.78 is 7.71. The largest absolute Gasteiger partial charge is 0.484 e. The van der Waals surface area contributed by atoms with Crippen LogP contribution in [0.1, 0.15) is 32.3 Å². The molecular weight excluding hydrogens is 547 g/mol. The van der Waals surface area contributed by atoms with E-state index in [1.807, 2.05) is 48.5 Å². The minimum atomic E-state index is -0.594. The third-order valence-corrected chi connectivity index (χ3v) is 5.69. The Labute approximate surface area is 194 Å². The maximum atomic E-state index is 12.9. The first kappa shape index (κ1) is 23.7. The Kier molecular flexibility index (Phi) is 9.93. The molecule has 5 nitrogen and oxygen atoms in total. The van der Waals surface area contributed by atoms with Gasteiger partial charge < -0.3 is 15.0 Å². The number of ether oxygens (including phenoxy) is 1. The summed E-state index contributed by atoms with van der Waals surface area (Å²) in [5.74, 6) is 0.241. The van der Waals surface area contributed by atoms with Crippen LogP contribution in [0.5, 0.6) is 5.75 Å². The highest BCUT2D eigenvalue weighted by molar-refractivity contribution is 14.1. The number of nitrogens with one attached hydrogen (secondary N) is 1. The second kappa shape index (κ2) is 12.2. The summed E-state index contributed by atoms with van der Waals surface area (Å²) in [6, 6.07) is 14.6. The molecule has 0 heterocycles. The van der Waals surface area contributed by atoms with Crippen LogP contribution < -0.4 is 10.1 Å². The third kappa shape index (κ3) is 7.97. The number of nitrogens with zero attached hydrogens (tertiary/aromatic N) is 1. The van der Waals surface area contributed by atoms with Crippen molar-refractivity contribution >= 4 is 50.3 Å². The van der Waals surface area contributed by atoms with Gasteiger partial charge in [0, 0.05) is 21.1 Å². The lowest BCUT2D eigenvalue weighted by Gasteiger charge is -2.28. The van der Waals surface area contributed by atoms with Gasteiger partial charge in [0.2, 0.25) is 5.91 Å². The molecule has 0 aliphatic heterocycles. The van der Waals surface area contributed by atoms with Gasteiger partial charge in [-0.15, -0.1) is 0 Å². The van der Waals surface area contributed by atoms with E-state index in [-0.39, 0.29) is 18.4 Å². The van der Waals surface area contributed by atoms with Gasteiger partial charge >= 0.3 is 0 Å². The molecule has 0 saturated heterocycles. The molecule has 2 amide bonds. The number of unbranched alkanes of at least 4 members (excludes halogenated alkanes) is 1. The summed E-state index contributed by atoms with van der Waals surface area (Å²) in [4.78, 5) is 27.1. The molecule has 0 bridgehead atoms. The number of carbonyl (C=O) groups excluding carboxylic acids is 2. The van der Waals surface area contributed by atoms with Gasteiger partial charge in [0.05, 0.1) is 0 Å². The van der Waals surface area contributed by atoms with Gasteiger partial charge in [-0.25, -0.2) is 0 Å². The summed E-state index contributed by atoms with van der Waals surface area (Å²) in [6.45, 7) is 4.65. The van der Waals surface area contributed by atoms with E-state index in [4.69, 9.17) is 4.74 Å². The van der Waals surface area contributed by atoms with Crippen LogP contribution in [0.3, 0.4) is 0 Å². The van der Waals surface area contributed by atoms with Crippen LogP contribution >= 0.6 is 38.5 Å². The third-order valence-electron chi connectivity index (χ3n) is 4.44. The van der Waals surface area contributed by atoms with Crippen LogP contribution in [-0.2, 0) is 16.1 Å². The lowest BCUT2D eigenvalue weighted by atomic mass is 10.1. The number of rotatable bonds is 10. The molecular formula is C22H26BrIN2O3. The van der Waals surface area contributed by atoms with Gasteiger partial charge in [0.1, 0.15) is 11.8 Å². The van der Waals surface area contributed by atoms with Crippen molar-refractivity contribution in [1.29, 1.82) is 0 Å². The summed E-state index contributed by atoms with van der Waals surface area (Å²) in [7, 11) is 0. The first-order valence-corrected chi connectivity index (χ1v) is 11.5. The van der Waals surface area contributed by atoms with Gasteiger partial charge in [-0.3, -0.25) is 9.59 Å². The van der Waals surface area contributed by atoms with Gasteiger partial charge in [-0.2, -0.15) is 0 Å². The molecule has 0 aromatic heterocycles. The molecule has 1 atom stereocenters. The molecule has 29 heavy (non-hydrogen) atoms. The van der Waals surface area contributed by atoms with E-state index in [1.54, 1.807) is 11.8 Å². The monoisotopic (exact) mass is 572 g/mol. The topological polar surface area (TPSA) is 58.6 Å². The lowest BCUT2D eigenvalue weighted by Crippen LogP contribution is -2.49. The smallest absolute Gasteiger partial charge is 0.261 e. The highest BCUT2D eigenvalue weighted by atomic mass is 127. The van der Waals surface area contributed by atoms with Crippen LogP contribution in [-0.4, -0.2) is 35.9 Å². The fraction of sp³-hybridized carbons (Fsp3) is 0.364. The number of hydrogen-bond donors (Lipinski definition) is 1. The quantitative estimate of drug-likeness (QED) is 0.330. The molecule has 2 rings (SSSR count). The maximum Gasteiger partial charge on any atom is 0.261 e. The van der Waals surface area contributed by atoms with E-state index in [0.29, 0.717) is 18.8 Å². The van der Waals surface area contributed by atoms with Crippen molar-refractivity contribution < 1.29 is 14.3 Å². The zero-order chi connectivity index (χ0) is 21.2. The molecule has 0 fully saturated rings. The summed E-state index contributed by atoms with van der Waals surface area (Å²) in [5.41, 5.74) is 0.948. The maximum absolute atomic E-state index is 12.9. The normalized spacial score (nSPS) is 11.6. The van der Waals surface area contributed by atoms with Crippen LogP contribution in [0.15, 0.2) is 53.0 Å². The Morgan fingerprint density at radius 2 is 1.79 bits per heavy atom. The molecule has 0 spiro atoms. The van der Waals surface area contributed by atoms with Gasteiger partial charge in [-0.1, -0.05) is 41.4 Å². The Morgan fingerprint density at radius 3 is 2.41 bits per heavy atom. The second-order valence-electron chi connectivity index (χ2n) is 6.71. The number of halogens is 2. The fourth-order valence-corrected chi connectivity index (χ4v) is 3.29. The van der Waals surface area contributed by atoms with Gasteiger partial charge in [-0.05, 0) is 77.9 Å². The Morgan fingerprint density at radius 1 is 1.14 bits per heavy atom. The average Bonchev–Trinajstić information content (AvgIpc) is 2.72. The first-order chi connectivity index (χ1) is 13.9. The molecule has 7 heteroatoms. The molecule has 0 radical (unpaired) electrons. The molecule has 0 aliphatic rings. The van der Waals surface area contributed by atoms with Crippen LogP contribution in [0.25, 0.3) is 0 Å². The minimum Gasteiger partial charge on any atom is -0.484 e. The van der Waals surface area contributed by atoms with Crippen molar-refractivity contribution in [2.75, 3.05) is 13.2 Å². The summed E-state index contributed by atoms with van der Waals surface area (Å²) >= 11 is 5.63. The molecule has 0 saturated carbocycles. The first-order valence-electron chi connectivity index (χ1n) is 9.60. The highest BCUT2D eigenvalue weighted by Crippen LogP contribution is 2.16. The van der Waals surface area contributed by atoms with E-state index >= 15 is 0 Å². The SMILES string of the molecule is CCCCNC(=O)C(C)N(Cc1ccc(Br)cc1)C(=O)COc1ccc(I)cc1. The summed E-state index contributed by atoms with van der Waals surface area (Å²) in [5, 5.41) is 2.91. The molecule has 0 aliphatic carbocycles. The predicted octanol–water partition coefficient (Wildman–Crippen LogP) is 4.77. The lowest BCUT2D eigenvalue weighted by molar-refractivity contribution is -0.142. The minimum absolute atomic E-state index is 0.121. The zero-order valence-corrected chi connectivity index (χ0v) is 20.4. The van der Waals surface area contributed by atoms with Crippen molar-refractivity contribution in [3.05, 3.63) is 62.1 Å². The van der Waals surface area contributed by atoms with E-state index in [9.17, 15) is 9.59 Å². The van der Waals surface area contributed by atoms with E-state index in [2.05, 4.69) is 50.8 Å². The highest BCUT2D eigenvalue weighted by Gasteiger charge is 2.26. The predicted molar refractivity (Wildman–Crippen MR) is 127 cm³/mol. The van der Waals surface area contributed by atoms with Crippen molar-refractivity contribution in [2.45, 2.75) is 39.3 Å². The Bertz CT molecular complexity index is 797. The van der Waals surface area contributed by atoms with E-state index in [1.165, 1.54) is 0 Å². The van der Waals surface area contributed by atoms with Gasteiger partial charge in [0.25, 0.3) is 5.91 Å². The van der Waals surface area contributed by atoms with Crippen LogP contribution in [0, 0.1) is 3.57 Å². The van der Waals surface area contributed by atoms with Crippen LogP contribution in [0.2, 0.25) is 0 Å². The average molecular weight is 573 g/mol. The van der Waals surface area contributed by atoms with Crippen molar-refractivity contribution in [2.24, 2.45) is 0 Å². The standard InChI is InChI=1S/C22H26BrIN2O3/c1-3-4-13-25-22(28)16(2)26(14-17-5-7-18(23)8-6-17)21(27)15-29-20-11-9-19(24)10-12-20/h5-12,16H,3-4,13-15H2,1-2H3,(H,25,28). The molecule has 1 N–H and O–H groups in total. The molecule has 2 aromatic carbocycles. The number of carbonyl (C=O) groups is 2. The molecule has 1 unspecified atom stereocenters. The Hall–Kier alpha value is -1.61. The Balaban J connectivity index is 2.08. The summed E-state index contributed by atoms with van der Waals surface area (Å²) in [6.07, 6.45) is 1.91. The van der Waals surface area contributed by atoms with Crippen molar-refractivity contribution in [1.82, 2.24) is 10.2 Å². The van der Waals surface area contributed by atoms with E-state index < -0.39 is 6.04 Å². The van der Waals surface area contributed by atoms with Crippen LogP contribution in [0.4, 0.5) is 0 Å². The molecule has 2 aromatic rings.